The third kappa shape index (κ3) is 2.60. The lowest BCUT2D eigenvalue weighted by Gasteiger charge is -2.01. The summed E-state index contributed by atoms with van der Waals surface area (Å²) in [6.07, 6.45) is 3.20. The van der Waals surface area contributed by atoms with Gasteiger partial charge in [0.2, 0.25) is 0 Å². The minimum Gasteiger partial charge on any atom is -0.288 e. The Morgan fingerprint density at radius 1 is 1.10 bits per heavy atom. The molecule has 0 atom stereocenters. The maximum absolute atomic E-state index is 13.3. The molecular formula is C17H13FN2O. The van der Waals surface area contributed by atoms with Crippen molar-refractivity contribution < 1.29 is 9.18 Å². The maximum Gasteiger partial charge on any atom is 0.196 e. The molecule has 0 fully saturated rings. The molecule has 0 saturated heterocycles. The Bertz CT molecular complexity index is 794. The molecule has 0 radical (unpaired) electrons. The first-order valence-corrected chi connectivity index (χ1v) is 6.56. The fourth-order valence-electron chi connectivity index (χ4n) is 2.11. The molecule has 2 aromatic carbocycles. The number of benzene rings is 2. The molecule has 0 bridgehead atoms. The van der Waals surface area contributed by atoms with Gasteiger partial charge in [0.15, 0.2) is 5.78 Å². The largest absolute Gasteiger partial charge is 0.288 e. The van der Waals surface area contributed by atoms with Gasteiger partial charge in [-0.05, 0) is 42.8 Å². The van der Waals surface area contributed by atoms with Gasteiger partial charge >= 0.3 is 0 Å². The monoisotopic (exact) mass is 280 g/mol. The summed E-state index contributed by atoms with van der Waals surface area (Å²) in [5.41, 5.74) is 2.27. The Labute approximate surface area is 121 Å². The van der Waals surface area contributed by atoms with Crippen molar-refractivity contribution in [2.75, 3.05) is 0 Å². The number of aromatic nitrogens is 2. The van der Waals surface area contributed by atoms with Gasteiger partial charge in [-0.15, -0.1) is 0 Å². The summed E-state index contributed by atoms with van der Waals surface area (Å²) in [4.78, 5) is 12.4. The normalized spacial score (nSPS) is 10.6. The van der Waals surface area contributed by atoms with Crippen molar-refractivity contribution in [3.8, 4) is 5.69 Å². The van der Waals surface area contributed by atoms with Crippen LogP contribution < -0.4 is 0 Å². The second-order valence-corrected chi connectivity index (χ2v) is 4.80. The lowest BCUT2D eigenvalue weighted by Crippen LogP contribution is -2.01. The van der Waals surface area contributed by atoms with E-state index in [-0.39, 0.29) is 11.6 Å². The van der Waals surface area contributed by atoms with Crippen molar-refractivity contribution in [2.45, 2.75) is 6.92 Å². The topological polar surface area (TPSA) is 34.9 Å². The summed E-state index contributed by atoms with van der Waals surface area (Å²) >= 11 is 0. The van der Waals surface area contributed by atoms with Crippen LogP contribution in [0.2, 0.25) is 0 Å². The molecule has 0 N–H and O–H groups in total. The standard InChI is InChI=1S/C17H13FN2O/c1-12-9-13(7-8-16(12)18)17(21)14-10-19-20(11-14)15-5-3-2-4-6-15/h2-11H,1H3. The third-order valence-electron chi connectivity index (χ3n) is 3.29. The van der Waals surface area contributed by atoms with Crippen LogP contribution in [0.5, 0.6) is 0 Å². The number of nitrogens with zero attached hydrogens (tertiary/aromatic N) is 2. The smallest absolute Gasteiger partial charge is 0.196 e. The Hall–Kier alpha value is -2.75. The number of carbonyl (C=O) groups is 1. The zero-order chi connectivity index (χ0) is 14.8. The van der Waals surface area contributed by atoms with E-state index in [4.69, 9.17) is 0 Å². The lowest BCUT2D eigenvalue weighted by molar-refractivity contribution is 0.103. The van der Waals surface area contributed by atoms with E-state index < -0.39 is 0 Å². The van der Waals surface area contributed by atoms with Crippen molar-refractivity contribution in [3.05, 3.63) is 83.4 Å². The van der Waals surface area contributed by atoms with Gasteiger partial charge in [0.05, 0.1) is 17.4 Å². The summed E-state index contributed by atoms with van der Waals surface area (Å²) in [6, 6.07) is 13.9. The number of hydrogen-bond acceptors (Lipinski definition) is 2. The van der Waals surface area contributed by atoms with Crippen molar-refractivity contribution in [1.82, 2.24) is 9.78 Å². The molecule has 0 aliphatic carbocycles. The number of carbonyl (C=O) groups excluding carboxylic acids is 1. The first-order valence-electron chi connectivity index (χ1n) is 6.56. The second-order valence-electron chi connectivity index (χ2n) is 4.80. The molecule has 0 aliphatic heterocycles. The van der Waals surface area contributed by atoms with Gasteiger partial charge in [-0.3, -0.25) is 4.79 Å². The molecule has 0 aliphatic rings. The van der Waals surface area contributed by atoms with Crippen LogP contribution in [0, 0.1) is 12.7 Å². The Morgan fingerprint density at radius 2 is 1.86 bits per heavy atom. The van der Waals surface area contributed by atoms with Gasteiger partial charge in [-0.25, -0.2) is 9.07 Å². The lowest BCUT2D eigenvalue weighted by atomic mass is 10.0. The highest BCUT2D eigenvalue weighted by Gasteiger charge is 2.13. The van der Waals surface area contributed by atoms with Crippen LogP contribution in [0.4, 0.5) is 4.39 Å². The molecule has 0 unspecified atom stereocenters. The SMILES string of the molecule is Cc1cc(C(=O)c2cnn(-c3ccccc3)c2)ccc1F. The predicted molar refractivity (Wildman–Crippen MR) is 78.1 cm³/mol. The molecule has 0 saturated carbocycles. The van der Waals surface area contributed by atoms with Gasteiger partial charge < -0.3 is 0 Å². The van der Waals surface area contributed by atoms with Crippen LogP contribution in [-0.2, 0) is 0 Å². The quantitative estimate of drug-likeness (QED) is 0.688. The van der Waals surface area contributed by atoms with Gasteiger partial charge in [0.25, 0.3) is 0 Å². The average molecular weight is 280 g/mol. The molecule has 104 valence electrons. The number of aryl methyl sites for hydroxylation is 1. The van der Waals surface area contributed by atoms with Crippen LogP contribution in [0.25, 0.3) is 5.69 Å². The second kappa shape index (κ2) is 5.32. The predicted octanol–water partition coefficient (Wildman–Crippen LogP) is 3.55. The number of ketones is 1. The Balaban J connectivity index is 1.92. The molecule has 3 nitrogen and oxygen atoms in total. The molecule has 21 heavy (non-hydrogen) atoms. The molecular weight excluding hydrogens is 267 g/mol. The van der Waals surface area contributed by atoms with E-state index in [1.165, 1.54) is 18.3 Å². The van der Waals surface area contributed by atoms with Crippen molar-refractivity contribution in [3.63, 3.8) is 0 Å². The van der Waals surface area contributed by atoms with Gasteiger partial charge in [-0.2, -0.15) is 5.10 Å². The van der Waals surface area contributed by atoms with E-state index >= 15 is 0 Å². The molecule has 0 spiro atoms. The summed E-state index contributed by atoms with van der Waals surface area (Å²) in [6.45, 7) is 1.64. The highest BCUT2D eigenvalue weighted by molar-refractivity contribution is 6.08. The first-order chi connectivity index (χ1) is 10.1. The number of para-hydroxylation sites is 1. The molecule has 1 aromatic heterocycles. The number of halogens is 1. The van der Waals surface area contributed by atoms with Crippen LogP contribution in [0.15, 0.2) is 60.9 Å². The van der Waals surface area contributed by atoms with Crippen molar-refractivity contribution in [2.24, 2.45) is 0 Å². The molecule has 3 aromatic rings. The molecule has 0 amide bonds. The van der Waals surface area contributed by atoms with Gasteiger partial charge in [-0.1, -0.05) is 18.2 Å². The van der Waals surface area contributed by atoms with Gasteiger partial charge in [0, 0.05) is 11.8 Å². The molecule has 1 heterocycles. The highest BCUT2D eigenvalue weighted by atomic mass is 19.1. The zero-order valence-electron chi connectivity index (χ0n) is 11.5. The third-order valence-corrected chi connectivity index (χ3v) is 3.29. The van der Waals surface area contributed by atoms with E-state index in [0.29, 0.717) is 16.7 Å². The Kier molecular flexibility index (Phi) is 3.36. The minimum atomic E-state index is -0.313. The zero-order valence-corrected chi connectivity index (χ0v) is 11.5. The minimum absolute atomic E-state index is 0.166. The fourth-order valence-corrected chi connectivity index (χ4v) is 2.11. The maximum atomic E-state index is 13.3. The molecule has 4 heteroatoms. The summed E-state index contributed by atoms with van der Waals surface area (Å²) < 4.78 is 14.9. The van der Waals surface area contributed by atoms with Crippen molar-refractivity contribution >= 4 is 5.78 Å². The Morgan fingerprint density at radius 3 is 2.57 bits per heavy atom. The summed E-state index contributed by atoms with van der Waals surface area (Å²) in [5.74, 6) is -0.480. The van der Waals surface area contributed by atoms with Crippen LogP contribution in [0.1, 0.15) is 21.5 Å². The van der Waals surface area contributed by atoms with Crippen LogP contribution in [0.3, 0.4) is 0 Å². The first kappa shape index (κ1) is 13.2. The highest BCUT2D eigenvalue weighted by Crippen LogP contribution is 2.15. The summed E-state index contributed by atoms with van der Waals surface area (Å²) in [5, 5.41) is 4.19. The van der Waals surface area contributed by atoms with E-state index in [2.05, 4.69) is 5.10 Å². The van der Waals surface area contributed by atoms with Crippen LogP contribution >= 0.6 is 0 Å². The molecule has 3 rings (SSSR count). The van der Waals surface area contributed by atoms with Crippen molar-refractivity contribution in [1.29, 1.82) is 0 Å². The fraction of sp³-hybridized carbons (Fsp3) is 0.0588. The van der Waals surface area contributed by atoms with E-state index in [9.17, 15) is 9.18 Å². The summed E-state index contributed by atoms with van der Waals surface area (Å²) in [7, 11) is 0. The number of hydrogen-bond donors (Lipinski definition) is 0. The van der Waals surface area contributed by atoms with E-state index in [1.807, 2.05) is 30.3 Å². The average Bonchev–Trinajstić information content (AvgIpc) is 3.00. The van der Waals surface area contributed by atoms with E-state index in [0.717, 1.165) is 5.69 Å². The van der Waals surface area contributed by atoms with E-state index in [1.54, 1.807) is 23.9 Å². The van der Waals surface area contributed by atoms with Gasteiger partial charge in [0.1, 0.15) is 5.82 Å². The number of rotatable bonds is 3. The van der Waals surface area contributed by atoms with Crippen LogP contribution in [-0.4, -0.2) is 15.6 Å².